The zero-order valence-electron chi connectivity index (χ0n) is 12.8. The van der Waals surface area contributed by atoms with Crippen LogP contribution in [0.25, 0.3) is 0 Å². The predicted octanol–water partition coefficient (Wildman–Crippen LogP) is 3.50. The van der Waals surface area contributed by atoms with E-state index in [0.29, 0.717) is 13.0 Å². The van der Waals surface area contributed by atoms with Crippen LogP contribution in [0.2, 0.25) is 0 Å². The Kier molecular flexibility index (Phi) is 4.62. The highest BCUT2D eigenvalue weighted by Gasteiger charge is 2.47. The van der Waals surface area contributed by atoms with Gasteiger partial charge in [0.1, 0.15) is 6.10 Å². The Hall–Kier alpha value is -1.56. The van der Waals surface area contributed by atoms with Crippen LogP contribution in [0.5, 0.6) is 0 Å². The molecule has 23 heavy (non-hydrogen) atoms. The maximum absolute atomic E-state index is 12.6. The number of carbonyl (C=O) groups is 1. The van der Waals surface area contributed by atoms with Crippen LogP contribution in [0.4, 0.5) is 13.2 Å². The smallest absolute Gasteiger partial charge is 0.455 e. The molecule has 3 unspecified atom stereocenters. The van der Waals surface area contributed by atoms with Crippen molar-refractivity contribution in [1.29, 1.82) is 0 Å². The second-order valence-corrected chi connectivity index (χ2v) is 6.27. The van der Waals surface area contributed by atoms with E-state index in [1.54, 1.807) is 0 Å². The molecule has 3 atom stereocenters. The molecule has 2 heterocycles. The average molecular weight is 327 g/mol. The van der Waals surface area contributed by atoms with Crippen LogP contribution in [0, 0.1) is 0 Å². The molecule has 1 aromatic rings. The van der Waals surface area contributed by atoms with Crippen LogP contribution >= 0.6 is 0 Å². The molecule has 2 fully saturated rings. The van der Waals surface area contributed by atoms with Crippen molar-refractivity contribution in [3.05, 3.63) is 35.9 Å². The molecule has 0 bridgehead atoms. The van der Waals surface area contributed by atoms with E-state index in [4.69, 9.17) is 4.74 Å². The summed E-state index contributed by atoms with van der Waals surface area (Å²) in [4.78, 5) is 13.6. The topological polar surface area (TPSA) is 29.5 Å². The summed E-state index contributed by atoms with van der Waals surface area (Å²) in [5, 5.41) is 0. The lowest BCUT2D eigenvalue weighted by atomic mass is 9.77. The summed E-state index contributed by atoms with van der Waals surface area (Å²) in [6.45, 7) is 1.65. The number of rotatable bonds is 2. The molecule has 0 radical (unpaired) electrons. The van der Waals surface area contributed by atoms with Gasteiger partial charge in [-0.2, -0.15) is 13.2 Å². The second kappa shape index (κ2) is 6.51. The van der Waals surface area contributed by atoms with Gasteiger partial charge in [-0.05, 0) is 31.4 Å². The normalized spacial score (nSPS) is 28.9. The standard InChI is InChI=1S/C17H20F3NO2/c18-17(19,20)16(22)23-14-9-11-21-10-5-4-8-13(21)15(14)12-6-2-1-3-7-12/h1-3,6-7,13-15H,4-5,8-11H2. The lowest BCUT2D eigenvalue weighted by Crippen LogP contribution is -2.53. The van der Waals surface area contributed by atoms with Crippen LogP contribution < -0.4 is 0 Å². The van der Waals surface area contributed by atoms with Gasteiger partial charge in [0.25, 0.3) is 0 Å². The lowest BCUT2D eigenvalue weighted by molar-refractivity contribution is -0.208. The molecule has 2 aliphatic heterocycles. The molecule has 3 rings (SSSR count). The summed E-state index contributed by atoms with van der Waals surface area (Å²) >= 11 is 0. The van der Waals surface area contributed by atoms with Crippen LogP contribution in [0.3, 0.4) is 0 Å². The highest BCUT2D eigenvalue weighted by molar-refractivity contribution is 5.75. The summed E-state index contributed by atoms with van der Waals surface area (Å²) in [5.74, 6) is -2.27. The summed E-state index contributed by atoms with van der Waals surface area (Å²) < 4.78 is 42.6. The quantitative estimate of drug-likeness (QED) is 0.779. The van der Waals surface area contributed by atoms with Crippen molar-refractivity contribution in [3.8, 4) is 0 Å². The Morgan fingerprint density at radius 3 is 2.52 bits per heavy atom. The molecule has 0 saturated carbocycles. The van der Waals surface area contributed by atoms with Gasteiger partial charge in [-0.25, -0.2) is 4.79 Å². The van der Waals surface area contributed by atoms with Crippen LogP contribution in [0.1, 0.15) is 37.2 Å². The molecule has 1 aromatic carbocycles. The van der Waals surface area contributed by atoms with Crippen LogP contribution in [-0.2, 0) is 9.53 Å². The molecule has 6 heteroatoms. The average Bonchev–Trinajstić information content (AvgIpc) is 2.54. The number of halogens is 3. The molecule has 126 valence electrons. The number of esters is 1. The van der Waals surface area contributed by atoms with E-state index >= 15 is 0 Å². The molecular weight excluding hydrogens is 307 g/mol. The van der Waals surface area contributed by atoms with Gasteiger partial charge in [-0.1, -0.05) is 36.8 Å². The van der Waals surface area contributed by atoms with E-state index < -0.39 is 18.2 Å². The molecule has 0 aromatic heterocycles. The Labute approximate surface area is 133 Å². The number of alkyl halides is 3. The minimum atomic E-state index is -4.94. The number of hydrogen-bond acceptors (Lipinski definition) is 3. The first-order valence-corrected chi connectivity index (χ1v) is 8.03. The van der Waals surface area contributed by atoms with Crippen molar-refractivity contribution in [2.75, 3.05) is 13.1 Å². The second-order valence-electron chi connectivity index (χ2n) is 6.27. The Bertz CT molecular complexity index is 547. The largest absolute Gasteiger partial charge is 0.490 e. The number of hydrogen-bond donors (Lipinski definition) is 0. The van der Waals surface area contributed by atoms with Crippen molar-refractivity contribution >= 4 is 5.97 Å². The van der Waals surface area contributed by atoms with Gasteiger partial charge in [0.2, 0.25) is 0 Å². The minimum Gasteiger partial charge on any atom is -0.455 e. The first-order chi connectivity index (χ1) is 11.0. The molecule has 0 amide bonds. The monoisotopic (exact) mass is 327 g/mol. The van der Waals surface area contributed by atoms with Crippen molar-refractivity contribution in [2.45, 2.75) is 49.9 Å². The van der Waals surface area contributed by atoms with Crippen molar-refractivity contribution in [3.63, 3.8) is 0 Å². The highest BCUT2D eigenvalue weighted by Crippen LogP contribution is 2.39. The number of fused-ring (bicyclic) bond motifs is 1. The lowest BCUT2D eigenvalue weighted by Gasteiger charge is -2.47. The third-order valence-corrected chi connectivity index (χ3v) is 4.85. The van der Waals surface area contributed by atoms with Gasteiger partial charge in [-0.3, -0.25) is 4.90 Å². The fourth-order valence-corrected chi connectivity index (χ4v) is 3.87. The molecule has 2 aliphatic rings. The third-order valence-electron chi connectivity index (χ3n) is 4.85. The van der Waals surface area contributed by atoms with Crippen LogP contribution in [-0.4, -0.2) is 42.3 Å². The van der Waals surface area contributed by atoms with Crippen molar-refractivity contribution < 1.29 is 22.7 Å². The first kappa shape index (κ1) is 16.3. The fraction of sp³-hybridized carbons (Fsp3) is 0.588. The van der Waals surface area contributed by atoms with Gasteiger partial charge >= 0.3 is 12.1 Å². The molecule has 3 nitrogen and oxygen atoms in total. The van der Waals surface area contributed by atoms with Crippen LogP contribution in [0.15, 0.2) is 30.3 Å². The summed E-state index contributed by atoms with van der Waals surface area (Å²) in [7, 11) is 0. The van der Waals surface area contributed by atoms with Gasteiger partial charge in [0.15, 0.2) is 0 Å². The number of carbonyl (C=O) groups excluding carboxylic acids is 1. The number of ether oxygens (including phenoxy) is 1. The van der Waals surface area contributed by atoms with Gasteiger partial charge in [0, 0.05) is 18.5 Å². The van der Waals surface area contributed by atoms with E-state index in [1.807, 2.05) is 30.3 Å². The molecular formula is C17H20F3NO2. The van der Waals surface area contributed by atoms with Crippen molar-refractivity contribution in [2.24, 2.45) is 0 Å². The third kappa shape index (κ3) is 3.52. The summed E-state index contributed by atoms with van der Waals surface area (Å²) in [6, 6.07) is 9.60. The summed E-state index contributed by atoms with van der Waals surface area (Å²) in [5.41, 5.74) is 0.948. The van der Waals surface area contributed by atoms with Crippen molar-refractivity contribution in [1.82, 2.24) is 4.90 Å². The number of piperidine rings is 2. The van der Waals surface area contributed by atoms with E-state index in [9.17, 15) is 18.0 Å². The van der Waals surface area contributed by atoms with Gasteiger partial charge in [0.05, 0.1) is 0 Å². The minimum absolute atomic E-state index is 0.144. The van der Waals surface area contributed by atoms with E-state index in [0.717, 1.165) is 31.4 Å². The highest BCUT2D eigenvalue weighted by atomic mass is 19.4. The molecule has 2 saturated heterocycles. The Morgan fingerprint density at radius 1 is 1.09 bits per heavy atom. The van der Waals surface area contributed by atoms with E-state index in [2.05, 4.69) is 4.90 Å². The summed E-state index contributed by atoms with van der Waals surface area (Å²) in [6.07, 6.45) is -2.11. The van der Waals surface area contributed by atoms with Gasteiger partial charge in [-0.15, -0.1) is 0 Å². The van der Waals surface area contributed by atoms with E-state index in [1.165, 1.54) is 0 Å². The molecule has 0 aliphatic carbocycles. The maximum Gasteiger partial charge on any atom is 0.490 e. The zero-order chi connectivity index (χ0) is 16.4. The predicted molar refractivity (Wildman–Crippen MR) is 78.9 cm³/mol. The number of nitrogens with zero attached hydrogens (tertiary/aromatic N) is 1. The Balaban J connectivity index is 1.86. The zero-order valence-corrected chi connectivity index (χ0v) is 12.8. The fourth-order valence-electron chi connectivity index (χ4n) is 3.87. The van der Waals surface area contributed by atoms with E-state index in [-0.39, 0.29) is 12.0 Å². The number of benzene rings is 1. The Morgan fingerprint density at radius 2 is 1.83 bits per heavy atom. The maximum atomic E-state index is 12.6. The molecule has 0 spiro atoms. The SMILES string of the molecule is O=C(OC1CCN2CCCCC2C1c1ccccc1)C(F)(F)F. The van der Waals surface area contributed by atoms with Gasteiger partial charge < -0.3 is 4.74 Å². The first-order valence-electron chi connectivity index (χ1n) is 8.03. The molecule has 0 N–H and O–H groups in total.